The molecule has 0 aliphatic heterocycles. The lowest BCUT2D eigenvalue weighted by Crippen LogP contribution is -2.39. The average Bonchev–Trinajstić information content (AvgIpc) is 2.67. The van der Waals surface area contributed by atoms with Crippen molar-refractivity contribution >= 4 is 40.6 Å². The predicted octanol–water partition coefficient (Wildman–Crippen LogP) is 2.75. The number of hydrogen-bond donors (Lipinski definition) is 2. The Bertz CT molecular complexity index is 1160. The summed E-state index contributed by atoms with van der Waals surface area (Å²) in [5.74, 6) is -0.721. The number of H-pyrrole nitrogens is 1. The van der Waals surface area contributed by atoms with Crippen LogP contribution in [0.1, 0.15) is 15.9 Å². The fourth-order valence-electron chi connectivity index (χ4n) is 2.77. The van der Waals surface area contributed by atoms with E-state index in [0.29, 0.717) is 5.02 Å². The summed E-state index contributed by atoms with van der Waals surface area (Å²) in [5.41, 5.74) is 5.42. The summed E-state index contributed by atoms with van der Waals surface area (Å²) in [6.45, 7) is 0.134. The van der Waals surface area contributed by atoms with Crippen molar-refractivity contribution in [1.29, 1.82) is 0 Å². The third-order valence-electron chi connectivity index (χ3n) is 4.20. The average molecular weight is 419 g/mol. The maximum atomic E-state index is 12.9. The van der Waals surface area contributed by atoms with E-state index in [-0.39, 0.29) is 28.6 Å². The van der Waals surface area contributed by atoms with Crippen molar-refractivity contribution in [3.05, 3.63) is 90.5 Å². The second kappa shape index (κ2) is 7.92. The molecule has 0 aliphatic rings. The topological polar surface area (TPSA) is 101 Å². The van der Waals surface area contributed by atoms with Crippen molar-refractivity contribution in [3.63, 3.8) is 0 Å². The highest BCUT2D eigenvalue weighted by Crippen LogP contribution is 2.24. The van der Waals surface area contributed by atoms with Gasteiger partial charge in [-0.3, -0.25) is 19.1 Å². The van der Waals surface area contributed by atoms with Gasteiger partial charge < -0.3 is 10.6 Å². The number of nitrogens with two attached hydrogens (primary N) is 1. The molecule has 0 aliphatic carbocycles. The van der Waals surface area contributed by atoms with Crippen LogP contribution in [0.2, 0.25) is 10.0 Å². The Morgan fingerprint density at radius 2 is 1.82 bits per heavy atom. The van der Waals surface area contributed by atoms with Crippen molar-refractivity contribution in [2.45, 2.75) is 6.54 Å². The number of halogens is 2. The number of carbonyl (C=O) groups excluding carboxylic acids is 1. The van der Waals surface area contributed by atoms with Gasteiger partial charge in [0.1, 0.15) is 5.82 Å². The molecule has 0 spiro atoms. The number of carbonyl (C=O) groups is 1. The number of benzene rings is 2. The predicted molar refractivity (Wildman–Crippen MR) is 110 cm³/mol. The maximum absolute atomic E-state index is 12.9. The van der Waals surface area contributed by atoms with Gasteiger partial charge in [-0.25, -0.2) is 4.79 Å². The van der Waals surface area contributed by atoms with E-state index in [1.807, 2.05) is 30.3 Å². The minimum absolute atomic E-state index is 0.108. The molecule has 9 heteroatoms. The van der Waals surface area contributed by atoms with Crippen LogP contribution in [0.25, 0.3) is 0 Å². The molecule has 2 aromatic carbocycles. The minimum atomic E-state index is -0.777. The lowest BCUT2D eigenvalue weighted by molar-refractivity contribution is 0.0993. The van der Waals surface area contributed by atoms with Crippen LogP contribution in [0, 0.1) is 0 Å². The van der Waals surface area contributed by atoms with E-state index in [4.69, 9.17) is 28.9 Å². The normalized spacial score (nSPS) is 10.7. The van der Waals surface area contributed by atoms with Gasteiger partial charge in [-0.05, 0) is 23.8 Å². The largest absolute Gasteiger partial charge is 0.383 e. The van der Waals surface area contributed by atoms with Crippen LogP contribution in [-0.4, -0.2) is 22.5 Å². The Kier molecular flexibility index (Phi) is 5.58. The number of nitrogen functional groups attached to an aromatic ring is 1. The van der Waals surface area contributed by atoms with Gasteiger partial charge in [0.2, 0.25) is 0 Å². The molecule has 0 atom stereocenters. The van der Waals surface area contributed by atoms with E-state index in [1.54, 1.807) is 6.07 Å². The Hall–Kier alpha value is -3.03. The fourth-order valence-corrected chi connectivity index (χ4v) is 3.14. The lowest BCUT2D eigenvalue weighted by Gasteiger charge is -2.21. The first-order valence-corrected chi connectivity index (χ1v) is 8.95. The van der Waals surface area contributed by atoms with Crippen LogP contribution in [0.3, 0.4) is 0 Å². The fraction of sp³-hybridized carbons (Fsp3) is 0.105. The van der Waals surface area contributed by atoms with Crippen molar-refractivity contribution in [3.8, 4) is 0 Å². The maximum Gasteiger partial charge on any atom is 0.330 e. The molecule has 0 unspecified atom stereocenters. The third kappa shape index (κ3) is 3.81. The summed E-state index contributed by atoms with van der Waals surface area (Å²) in [5, 5.41) is 0.492. The molecule has 1 amide bonds. The van der Waals surface area contributed by atoms with E-state index < -0.39 is 17.2 Å². The van der Waals surface area contributed by atoms with E-state index >= 15 is 0 Å². The Morgan fingerprint density at radius 1 is 1.14 bits per heavy atom. The van der Waals surface area contributed by atoms with Crippen molar-refractivity contribution in [2.24, 2.45) is 0 Å². The summed E-state index contributed by atoms with van der Waals surface area (Å²) in [7, 11) is 1.37. The Labute approximate surface area is 169 Å². The first-order valence-electron chi connectivity index (χ1n) is 8.19. The second-order valence-electron chi connectivity index (χ2n) is 6.05. The van der Waals surface area contributed by atoms with Crippen LogP contribution < -0.4 is 21.9 Å². The molecule has 3 aromatic rings. The summed E-state index contributed by atoms with van der Waals surface area (Å²) < 4.78 is 1.19. The van der Waals surface area contributed by atoms with Crippen LogP contribution in [0.4, 0.5) is 11.5 Å². The van der Waals surface area contributed by atoms with Crippen molar-refractivity contribution < 1.29 is 4.79 Å². The van der Waals surface area contributed by atoms with Crippen molar-refractivity contribution in [2.75, 3.05) is 17.7 Å². The number of aromatic nitrogens is 2. The number of hydrogen-bond acceptors (Lipinski definition) is 4. The Balaban J connectivity index is 2.07. The molecule has 3 rings (SSSR count). The smallest absolute Gasteiger partial charge is 0.330 e. The zero-order chi connectivity index (χ0) is 20.4. The van der Waals surface area contributed by atoms with Gasteiger partial charge in [0, 0.05) is 12.1 Å². The first kappa shape index (κ1) is 19.7. The molecule has 7 nitrogen and oxygen atoms in total. The second-order valence-corrected chi connectivity index (χ2v) is 6.90. The standard InChI is InChI=1S/C19H16Cl2N4O3/c1-24(18(27)13-9-12(20)7-8-14(13)21)15-16(22)25(19(28)23-17(15)26)10-11-5-3-2-4-6-11/h2-9H,10,22H2,1H3,(H,23,26,28). The Morgan fingerprint density at radius 3 is 2.50 bits per heavy atom. The van der Waals surface area contributed by atoms with Crippen LogP contribution in [0.15, 0.2) is 58.1 Å². The van der Waals surface area contributed by atoms with E-state index in [1.165, 1.54) is 23.7 Å². The third-order valence-corrected chi connectivity index (χ3v) is 4.76. The number of nitrogens with zero attached hydrogens (tertiary/aromatic N) is 2. The molecule has 0 fully saturated rings. The van der Waals surface area contributed by atoms with E-state index in [0.717, 1.165) is 10.5 Å². The molecule has 1 aromatic heterocycles. The molecule has 0 radical (unpaired) electrons. The molecule has 1 heterocycles. The molecular weight excluding hydrogens is 403 g/mol. The molecule has 3 N–H and O–H groups in total. The SMILES string of the molecule is CN(C(=O)c1cc(Cl)ccc1Cl)c1c(N)n(Cc2ccccc2)c(=O)[nH]c1=O. The molecule has 0 saturated heterocycles. The molecule has 144 valence electrons. The molecular formula is C19H16Cl2N4O3. The number of amides is 1. The highest BCUT2D eigenvalue weighted by atomic mass is 35.5. The van der Waals surface area contributed by atoms with Crippen LogP contribution >= 0.6 is 23.2 Å². The van der Waals surface area contributed by atoms with E-state index in [9.17, 15) is 14.4 Å². The summed E-state index contributed by atoms with van der Waals surface area (Å²) in [6.07, 6.45) is 0. The first-order chi connectivity index (χ1) is 13.3. The number of nitrogens with one attached hydrogen (secondary N) is 1. The van der Waals surface area contributed by atoms with Gasteiger partial charge in [-0.15, -0.1) is 0 Å². The van der Waals surface area contributed by atoms with Gasteiger partial charge in [-0.2, -0.15) is 0 Å². The molecule has 0 bridgehead atoms. The van der Waals surface area contributed by atoms with Crippen LogP contribution in [-0.2, 0) is 6.54 Å². The number of anilines is 2. The monoisotopic (exact) mass is 418 g/mol. The van der Waals surface area contributed by atoms with Crippen LogP contribution in [0.5, 0.6) is 0 Å². The van der Waals surface area contributed by atoms with Gasteiger partial charge in [0.05, 0.1) is 17.1 Å². The van der Waals surface area contributed by atoms with Gasteiger partial charge in [-0.1, -0.05) is 53.5 Å². The zero-order valence-corrected chi connectivity index (χ0v) is 16.3. The highest BCUT2D eigenvalue weighted by Gasteiger charge is 2.23. The number of aromatic amines is 1. The zero-order valence-electron chi connectivity index (χ0n) is 14.8. The summed E-state index contributed by atoms with van der Waals surface area (Å²) in [6, 6.07) is 13.5. The van der Waals surface area contributed by atoms with Gasteiger partial charge in [0.15, 0.2) is 5.69 Å². The lowest BCUT2D eigenvalue weighted by atomic mass is 10.2. The minimum Gasteiger partial charge on any atom is -0.383 e. The van der Waals surface area contributed by atoms with Gasteiger partial charge in [0.25, 0.3) is 11.5 Å². The quantitative estimate of drug-likeness (QED) is 0.679. The van der Waals surface area contributed by atoms with Gasteiger partial charge >= 0.3 is 5.69 Å². The molecule has 28 heavy (non-hydrogen) atoms. The summed E-state index contributed by atoms with van der Waals surface area (Å²) >= 11 is 12.0. The highest BCUT2D eigenvalue weighted by molar-refractivity contribution is 6.36. The summed E-state index contributed by atoms with van der Waals surface area (Å²) in [4.78, 5) is 40.8. The number of rotatable bonds is 4. The van der Waals surface area contributed by atoms with Crippen molar-refractivity contribution in [1.82, 2.24) is 9.55 Å². The molecule has 0 saturated carbocycles. The van der Waals surface area contributed by atoms with E-state index in [2.05, 4.69) is 4.98 Å².